The number of carbonyl (C=O) groups excluding carboxylic acids is 1. The van der Waals surface area contributed by atoms with Crippen LogP contribution in [0.25, 0.3) is 11.3 Å². The number of benzene rings is 2. The summed E-state index contributed by atoms with van der Waals surface area (Å²) in [6, 6.07) is 18.3. The number of aryl methyl sites for hydroxylation is 1. The SMILES string of the molecule is Cc1ccc(-n2nnnc2SCC(=O)N2CC=C(c3ccccc3)CC2)cc1. The third-order valence-corrected chi connectivity index (χ3v) is 5.65. The molecule has 28 heavy (non-hydrogen) atoms. The van der Waals surface area contributed by atoms with Gasteiger partial charge in [-0.25, -0.2) is 0 Å². The van der Waals surface area contributed by atoms with Crippen LogP contribution >= 0.6 is 11.8 Å². The van der Waals surface area contributed by atoms with Gasteiger partial charge in [0.2, 0.25) is 11.1 Å². The average molecular weight is 392 g/mol. The van der Waals surface area contributed by atoms with Gasteiger partial charge in [-0.3, -0.25) is 4.79 Å². The highest BCUT2D eigenvalue weighted by Gasteiger charge is 2.19. The number of thioether (sulfide) groups is 1. The van der Waals surface area contributed by atoms with Crippen molar-refractivity contribution in [3.8, 4) is 5.69 Å². The molecule has 1 aliphatic heterocycles. The number of amides is 1. The number of tetrazole rings is 1. The summed E-state index contributed by atoms with van der Waals surface area (Å²) in [6.45, 7) is 3.42. The lowest BCUT2D eigenvalue weighted by molar-refractivity contribution is -0.127. The number of hydrogen-bond acceptors (Lipinski definition) is 5. The Kier molecular flexibility index (Phi) is 5.53. The average Bonchev–Trinajstić information content (AvgIpc) is 3.22. The van der Waals surface area contributed by atoms with Gasteiger partial charge in [0.25, 0.3) is 0 Å². The van der Waals surface area contributed by atoms with E-state index < -0.39 is 0 Å². The van der Waals surface area contributed by atoms with Crippen LogP contribution in [0.1, 0.15) is 17.5 Å². The van der Waals surface area contributed by atoms with Gasteiger partial charge >= 0.3 is 0 Å². The maximum absolute atomic E-state index is 12.6. The third kappa shape index (κ3) is 4.14. The molecule has 0 N–H and O–H groups in total. The van der Waals surface area contributed by atoms with Crippen molar-refractivity contribution in [3.63, 3.8) is 0 Å². The second-order valence-electron chi connectivity index (χ2n) is 6.68. The Morgan fingerprint density at radius 2 is 1.89 bits per heavy atom. The first-order valence-electron chi connectivity index (χ1n) is 9.21. The van der Waals surface area contributed by atoms with Gasteiger partial charge in [-0.1, -0.05) is 65.9 Å². The highest BCUT2D eigenvalue weighted by atomic mass is 32.2. The maximum Gasteiger partial charge on any atom is 0.233 e. The van der Waals surface area contributed by atoms with E-state index in [1.165, 1.54) is 28.5 Å². The molecule has 4 rings (SSSR count). The van der Waals surface area contributed by atoms with Gasteiger partial charge in [0.05, 0.1) is 11.4 Å². The minimum atomic E-state index is 0.104. The second-order valence-corrected chi connectivity index (χ2v) is 7.63. The predicted octanol–water partition coefficient (Wildman–Crippen LogP) is 3.38. The quantitative estimate of drug-likeness (QED) is 0.624. The molecule has 0 aliphatic carbocycles. The van der Waals surface area contributed by atoms with E-state index in [0.717, 1.165) is 18.7 Å². The molecular formula is C21H21N5OS. The zero-order valence-corrected chi connectivity index (χ0v) is 16.5. The van der Waals surface area contributed by atoms with Crippen LogP contribution in [0.3, 0.4) is 0 Å². The molecule has 0 saturated carbocycles. The first-order chi connectivity index (χ1) is 13.7. The number of nitrogens with zero attached hydrogens (tertiary/aromatic N) is 5. The number of carbonyl (C=O) groups is 1. The van der Waals surface area contributed by atoms with Gasteiger partial charge < -0.3 is 4.90 Å². The van der Waals surface area contributed by atoms with E-state index in [4.69, 9.17) is 0 Å². The molecule has 2 aromatic carbocycles. The maximum atomic E-state index is 12.6. The molecule has 0 spiro atoms. The fourth-order valence-electron chi connectivity index (χ4n) is 3.14. The molecule has 0 atom stereocenters. The summed E-state index contributed by atoms with van der Waals surface area (Å²) in [5.74, 6) is 0.424. The summed E-state index contributed by atoms with van der Waals surface area (Å²) in [5.41, 5.74) is 4.61. The Balaban J connectivity index is 1.36. The van der Waals surface area contributed by atoms with Crippen LogP contribution in [0.5, 0.6) is 0 Å². The van der Waals surface area contributed by atoms with Gasteiger partial charge in [0.15, 0.2) is 0 Å². The molecule has 0 bridgehead atoms. The van der Waals surface area contributed by atoms with Crippen molar-refractivity contribution >= 4 is 23.2 Å². The van der Waals surface area contributed by atoms with Crippen molar-refractivity contribution in [2.24, 2.45) is 0 Å². The number of hydrogen-bond donors (Lipinski definition) is 0. The standard InChI is InChI=1S/C21H21N5OS/c1-16-7-9-19(10-8-16)26-21(22-23-24-26)28-15-20(27)25-13-11-18(12-14-25)17-5-3-2-4-6-17/h2-11H,12-15H2,1H3. The van der Waals surface area contributed by atoms with Gasteiger partial charge in [0.1, 0.15) is 0 Å². The van der Waals surface area contributed by atoms with E-state index in [2.05, 4.69) is 33.7 Å². The third-order valence-electron chi connectivity index (χ3n) is 4.75. The number of aromatic nitrogens is 4. The smallest absolute Gasteiger partial charge is 0.233 e. The Morgan fingerprint density at radius 1 is 1.11 bits per heavy atom. The summed E-state index contributed by atoms with van der Waals surface area (Å²) >= 11 is 1.37. The van der Waals surface area contributed by atoms with Gasteiger partial charge in [0, 0.05) is 13.1 Å². The van der Waals surface area contributed by atoms with E-state index in [9.17, 15) is 4.79 Å². The largest absolute Gasteiger partial charge is 0.338 e. The van der Waals surface area contributed by atoms with Crippen molar-refractivity contribution in [1.82, 2.24) is 25.1 Å². The van der Waals surface area contributed by atoms with E-state index in [-0.39, 0.29) is 5.91 Å². The Morgan fingerprint density at radius 3 is 2.61 bits per heavy atom. The highest BCUT2D eigenvalue weighted by Crippen LogP contribution is 2.23. The van der Waals surface area contributed by atoms with E-state index in [0.29, 0.717) is 17.5 Å². The van der Waals surface area contributed by atoms with Gasteiger partial charge in [-0.2, -0.15) is 4.68 Å². The second kappa shape index (κ2) is 8.39. The Bertz CT molecular complexity index is 982. The molecule has 0 radical (unpaired) electrons. The van der Waals surface area contributed by atoms with Crippen molar-refractivity contribution in [1.29, 1.82) is 0 Å². The summed E-state index contributed by atoms with van der Waals surface area (Å²) in [5, 5.41) is 12.5. The van der Waals surface area contributed by atoms with E-state index in [1.54, 1.807) is 4.68 Å². The van der Waals surface area contributed by atoms with Crippen LogP contribution in [0, 0.1) is 6.92 Å². The molecule has 0 fully saturated rings. The van der Waals surface area contributed by atoms with Crippen molar-refractivity contribution in [2.75, 3.05) is 18.8 Å². The minimum Gasteiger partial charge on any atom is -0.338 e. The molecule has 0 unspecified atom stereocenters. The Labute approximate surface area is 168 Å². The first kappa shape index (κ1) is 18.4. The van der Waals surface area contributed by atoms with Gasteiger partial charge in [-0.05, 0) is 47.0 Å². The molecule has 2 heterocycles. The highest BCUT2D eigenvalue weighted by molar-refractivity contribution is 7.99. The molecule has 142 valence electrons. The molecular weight excluding hydrogens is 370 g/mol. The lowest BCUT2D eigenvalue weighted by atomic mass is 10.00. The van der Waals surface area contributed by atoms with Crippen LogP contribution in [0.4, 0.5) is 0 Å². The molecule has 0 saturated heterocycles. The normalized spacial score (nSPS) is 14.0. The molecule has 6 nitrogen and oxygen atoms in total. The van der Waals surface area contributed by atoms with Crippen molar-refractivity contribution < 1.29 is 4.79 Å². The van der Waals surface area contributed by atoms with Crippen molar-refractivity contribution in [2.45, 2.75) is 18.5 Å². The fourth-order valence-corrected chi connectivity index (χ4v) is 3.94. The zero-order valence-electron chi connectivity index (χ0n) is 15.7. The fraction of sp³-hybridized carbons (Fsp3) is 0.238. The Hall–Kier alpha value is -2.93. The molecule has 1 amide bonds. The molecule has 7 heteroatoms. The van der Waals surface area contributed by atoms with Crippen LogP contribution in [-0.4, -0.2) is 49.9 Å². The lowest BCUT2D eigenvalue weighted by Gasteiger charge is -2.26. The molecule has 1 aliphatic rings. The topological polar surface area (TPSA) is 63.9 Å². The summed E-state index contributed by atoms with van der Waals surface area (Å²) < 4.78 is 1.67. The van der Waals surface area contributed by atoms with Crippen LogP contribution < -0.4 is 0 Å². The monoisotopic (exact) mass is 391 g/mol. The zero-order chi connectivity index (χ0) is 19.3. The number of rotatable bonds is 5. The summed E-state index contributed by atoms with van der Waals surface area (Å²) in [7, 11) is 0. The van der Waals surface area contributed by atoms with Crippen LogP contribution in [-0.2, 0) is 4.79 Å². The first-order valence-corrected chi connectivity index (χ1v) is 10.2. The summed E-state index contributed by atoms with van der Waals surface area (Å²) in [6.07, 6.45) is 3.03. The summed E-state index contributed by atoms with van der Waals surface area (Å²) in [4.78, 5) is 14.5. The molecule has 3 aromatic rings. The molecule has 1 aromatic heterocycles. The predicted molar refractivity (Wildman–Crippen MR) is 110 cm³/mol. The van der Waals surface area contributed by atoms with Crippen LogP contribution in [0.15, 0.2) is 65.8 Å². The van der Waals surface area contributed by atoms with Crippen LogP contribution in [0.2, 0.25) is 0 Å². The lowest BCUT2D eigenvalue weighted by Crippen LogP contribution is -2.35. The van der Waals surface area contributed by atoms with E-state index in [1.807, 2.05) is 54.3 Å². The minimum absolute atomic E-state index is 0.104. The van der Waals surface area contributed by atoms with E-state index >= 15 is 0 Å². The van der Waals surface area contributed by atoms with Gasteiger partial charge in [-0.15, -0.1) is 5.10 Å². The van der Waals surface area contributed by atoms with Crippen molar-refractivity contribution in [3.05, 3.63) is 71.8 Å².